The number of para-hydroxylation sites is 1. The van der Waals surface area contributed by atoms with E-state index < -0.39 is 0 Å². The van der Waals surface area contributed by atoms with Crippen molar-refractivity contribution in [2.24, 2.45) is 5.41 Å². The molecule has 1 unspecified atom stereocenters. The first-order valence-corrected chi connectivity index (χ1v) is 6.64. The number of carbonyl (C=O) groups is 1. The third-order valence-electron chi connectivity index (χ3n) is 3.75. The van der Waals surface area contributed by atoms with Crippen LogP contribution in [0, 0.1) is 5.41 Å². The highest BCUT2D eigenvalue weighted by molar-refractivity contribution is 5.96. The SMILES string of the molecule is CC(C)c1ccccc1NC(=O)C1(C)CCNC1. The first-order chi connectivity index (χ1) is 8.53. The van der Waals surface area contributed by atoms with Crippen molar-refractivity contribution >= 4 is 11.6 Å². The Labute approximate surface area is 109 Å². The fourth-order valence-electron chi connectivity index (χ4n) is 2.40. The van der Waals surface area contributed by atoms with Crippen LogP contribution in [-0.2, 0) is 4.79 Å². The molecule has 3 heteroatoms. The molecule has 0 spiro atoms. The van der Waals surface area contributed by atoms with Crippen LogP contribution in [-0.4, -0.2) is 19.0 Å². The van der Waals surface area contributed by atoms with E-state index in [1.54, 1.807) is 0 Å². The van der Waals surface area contributed by atoms with Gasteiger partial charge in [-0.2, -0.15) is 0 Å². The summed E-state index contributed by atoms with van der Waals surface area (Å²) < 4.78 is 0. The fourth-order valence-corrected chi connectivity index (χ4v) is 2.40. The molecule has 1 heterocycles. The quantitative estimate of drug-likeness (QED) is 0.861. The lowest BCUT2D eigenvalue weighted by atomic mass is 9.88. The van der Waals surface area contributed by atoms with Crippen LogP contribution in [0.15, 0.2) is 24.3 Å². The number of amides is 1. The first kappa shape index (κ1) is 13.1. The van der Waals surface area contributed by atoms with Gasteiger partial charge in [-0.1, -0.05) is 32.0 Å². The monoisotopic (exact) mass is 246 g/mol. The van der Waals surface area contributed by atoms with Crippen molar-refractivity contribution in [2.75, 3.05) is 18.4 Å². The van der Waals surface area contributed by atoms with Gasteiger partial charge in [0.1, 0.15) is 0 Å². The minimum absolute atomic E-state index is 0.126. The number of hydrogen-bond donors (Lipinski definition) is 2. The summed E-state index contributed by atoms with van der Waals surface area (Å²) in [5.41, 5.74) is 1.87. The van der Waals surface area contributed by atoms with Crippen LogP contribution in [0.5, 0.6) is 0 Å². The number of benzene rings is 1. The second-order valence-electron chi connectivity index (χ2n) is 5.68. The van der Waals surface area contributed by atoms with E-state index >= 15 is 0 Å². The average molecular weight is 246 g/mol. The van der Waals surface area contributed by atoms with E-state index in [1.165, 1.54) is 5.56 Å². The van der Waals surface area contributed by atoms with Crippen molar-refractivity contribution in [3.63, 3.8) is 0 Å². The Morgan fingerprint density at radius 2 is 2.11 bits per heavy atom. The van der Waals surface area contributed by atoms with Crippen molar-refractivity contribution in [2.45, 2.75) is 33.1 Å². The molecule has 3 nitrogen and oxygen atoms in total. The second-order valence-corrected chi connectivity index (χ2v) is 5.68. The topological polar surface area (TPSA) is 41.1 Å². The number of carbonyl (C=O) groups excluding carboxylic acids is 1. The van der Waals surface area contributed by atoms with Crippen molar-refractivity contribution in [1.29, 1.82) is 0 Å². The van der Waals surface area contributed by atoms with E-state index in [0.717, 1.165) is 25.2 Å². The molecule has 1 aromatic rings. The van der Waals surface area contributed by atoms with Crippen molar-refractivity contribution in [3.05, 3.63) is 29.8 Å². The number of rotatable bonds is 3. The summed E-state index contributed by atoms with van der Waals surface area (Å²) >= 11 is 0. The summed E-state index contributed by atoms with van der Waals surface area (Å²) in [6.07, 6.45) is 0.905. The maximum Gasteiger partial charge on any atom is 0.231 e. The van der Waals surface area contributed by atoms with Gasteiger partial charge in [0.2, 0.25) is 5.91 Å². The Morgan fingerprint density at radius 3 is 2.72 bits per heavy atom. The molecule has 0 saturated carbocycles. The zero-order chi connectivity index (χ0) is 13.2. The summed E-state index contributed by atoms with van der Waals surface area (Å²) in [6, 6.07) is 8.05. The predicted molar refractivity (Wildman–Crippen MR) is 74.8 cm³/mol. The third-order valence-corrected chi connectivity index (χ3v) is 3.75. The lowest BCUT2D eigenvalue weighted by Gasteiger charge is -2.23. The summed E-state index contributed by atoms with van der Waals surface area (Å²) in [5, 5.41) is 6.35. The lowest BCUT2D eigenvalue weighted by Crippen LogP contribution is -2.35. The van der Waals surface area contributed by atoms with Crippen LogP contribution in [0.1, 0.15) is 38.7 Å². The van der Waals surface area contributed by atoms with Crippen molar-refractivity contribution in [3.8, 4) is 0 Å². The van der Waals surface area contributed by atoms with Gasteiger partial charge in [-0.15, -0.1) is 0 Å². The van der Waals surface area contributed by atoms with Gasteiger partial charge in [-0.25, -0.2) is 0 Å². The molecule has 2 N–H and O–H groups in total. The molecule has 0 bridgehead atoms. The van der Waals surface area contributed by atoms with Crippen LogP contribution in [0.25, 0.3) is 0 Å². The van der Waals surface area contributed by atoms with Crippen LogP contribution in [0.2, 0.25) is 0 Å². The van der Waals surface area contributed by atoms with Gasteiger partial charge in [-0.05, 0) is 37.4 Å². The summed E-state index contributed by atoms with van der Waals surface area (Å²) in [6.45, 7) is 8.01. The van der Waals surface area contributed by atoms with E-state index in [2.05, 4.69) is 30.5 Å². The normalized spacial score (nSPS) is 23.3. The number of hydrogen-bond acceptors (Lipinski definition) is 2. The lowest BCUT2D eigenvalue weighted by molar-refractivity contribution is -0.123. The molecule has 1 atom stereocenters. The molecule has 0 radical (unpaired) electrons. The highest BCUT2D eigenvalue weighted by Gasteiger charge is 2.36. The molecule has 1 fully saturated rings. The molecule has 2 rings (SSSR count). The number of nitrogens with one attached hydrogen (secondary N) is 2. The maximum atomic E-state index is 12.4. The Hall–Kier alpha value is -1.35. The fraction of sp³-hybridized carbons (Fsp3) is 0.533. The molecule has 98 valence electrons. The van der Waals surface area contributed by atoms with Gasteiger partial charge in [-0.3, -0.25) is 4.79 Å². The minimum Gasteiger partial charge on any atom is -0.325 e. The molecule has 1 aliphatic rings. The van der Waals surface area contributed by atoms with E-state index in [9.17, 15) is 4.79 Å². The molecule has 1 saturated heterocycles. The van der Waals surface area contributed by atoms with Crippen LogP contribution in [0.3, 0.4) is 0 Å². The average Bonchev–Trinajstić information content (AvgIpc) is 2.78. The van der Waals surface area contributed by atoms with E-state index in [4.69, 9.17) is 0 Å². The Kier molecular flexibility index (Phi) is 3.71. The van der Waals surface area contributed by atoms with E-state index in [-0.39, 0.29) is 11.3 Å². The Balaban J connectivity index is 2.16. The van der Waals surface area contributed by atoms with E-state index in [1.807, 2.05) is 25.1 Å². The molecule has 18 heavy (non-hydrogen) atoms. The van der Waals surface area contributed by atoms with Crippen LogP contribution in [0.4, 0.5) is 5.69 Å². The molecular formula is C15H22N2O. The Bertz CT molecular complexity index is 434. The van der Waals surface area contributed by atoms with Crippen molar-refractivity contribution in [1.82, 2.24) is 5.32 Å². The molecule has 0 aromatic heterocycles. The third kappa shape index (κ3) is 2.56. The minimum atomic E-state index is -0.274. The molecular weight excluding hydrogens is 224 g/mol. The predicted octanol–water partition coefficient (Wildman–Crippen LogP) is 2.75. The first-order valence-electron chi connectivity index (χ1n) is 6.64. The molecule has 1 aromatic carbocycles. The summed E-state index contributed by atoms with van der Waals surface area (Å²) in [4.78, 5) is 12.4. The van der Waals surface area contributed by atoms with Gasteiger partial charge in [0, 0.05) is 12.2 Å². The number of anilines is 1. The largest absolute Gasteiger partial charge is 0.325 e. The molecule has 0 aliphatic carbocycles. The van der Waals surface area contributed by atoms with Gasteiger partial charge in [0.25, 0.3) is 0 Å². The van der Waals surface area contributed by atoms with E-state index in [0.29, 0.717) is 5.92 Å². The smallest absolute Gasteiger partial charge is 0.231 e. The summed E-state index contributed by atoms with van der Waals surface area (Å²) in [5.74, 6) is 0.539. The Morgan fingerprint density at radius 1 is 1.39 bits per heavy atom. The van der Waals surface area contributed by atoms with Gasteiger partial charge in [0.15, 0.2) is 0 Å². The van der Waals surface area contributed by atoms with Gasteiger partial charge in [0.05, 0.1) is 5.41 Å². The van der Waals surface area contributed by atoms with Crippen LogP contribution >= 0.6 is 0 Å². The highest BCUT2D eigenvalue weighted by Crippen LogP contribution is 2.29. The second kappa shape index (κ2) is 5.11. The van der Waals surface area contributed by atoms with Crippen molar-refractivity contribution < 1.29 is 4.79 Å². The molecule has 1 amide bonds. The standard InChI is InChI=1S/C15H22N2O/c1-11(2)12-6-4-5-7-13(12)17-14(18)15(3)8-9-16-10-15/h4-7,11,16H,8-10H2,1-3H3,(H,17,18). The zero-order valence-corrected chi connectivity index (χ0v) is 11.4. The van der Waals surface area contributed by atoms with Crippen LogP contribution < -0.4 is 10.6 Å². The van der Waals surface area contributed by atoms with Gasteiger partial charge < -0.3 is 10.6 Å². The maximum absolute atomic E-state index is 12.4. The highest BCUT2D eigenvalue weighted by atomic mass is 16.2. The zero-order valence-electron chi connectivity index (χ0n) is 11.4. The summed E-state index contributed by atoms with van der Waals surface area (Å²) in [7, 11) is 0. The van der Waals surface area contributed by atoms with Gasteiger partial charge >= 0.3 is 0 Å². The molecule has 1 aliphatic heterocycles.